The fraction of sp³-hybridized carbons (Fsp3) is 0.286. The number of hydrogen-bond donors (Lipinski definition) is 2. The largest absolute Gasteiger partial charge is 0.448 e. The zero-order valence-corrected chi connectivity index (χ0v) is 22.8. The van der Waals surface area contributed by atoms with E-state index in [9.17, 15) is 18.8 Å². The lowest BCUT2D eigenvalue weighted by atomic mass is 10.1. The van der Waals surface area contributed by atoms with Crippen LogP contribution in [-0.2, 0) is 9.47 Å². The topological polar surface area (TPSA) is 115 Å². The molecule has 10 nitrogen and oxygen atoms in total. The van der Waals surface area contributed by atoms with Gasteiger partial charge in [0.25, 0.3) is 11.8 Å². The van der Waals surface area contributed by atoms with Gasteiger partial charge in [-0.05, 0) is 61.9 Å². The van der Waals surface area contributed by atoms with Gasteiger partial charge in [-0.1, -0.05) is 12.1 Å². The average molecular weight is 566 g/mol. The zero-order chi connectivity index (χ0) is 28.2. The van der Waals surface area contributed by atoms with Gasteiger partial charge in [0, 0.05) is 24.3 Å². The Labute approximate surface area is 233 Å². The summed E-state index contributed by atoms with van der Waals surface area (Å²) in [6, 6.07) is 14.3. The first-order chi connectivity index (χ1) is 19.3. The number of fused-ring (bicyclic) bond motifs is 1. The van der Waals surface area contributed by atoms with Crippen LogP contribution >= 0.6 is 11.3 Å². The van der Waals surface area contributed by atoms with Crippen molar-refractivity contribution in [2.75, 3.05) is 43.1 Å². The Balaban J connectivity index is 1.38. The SMILES string of the molecule is CCOC(=O)n1nc(NC(=O)c2ccc(N3CCOCC3)cc2)c2cc(C(=O)N[C@H](C)c3ccc(F)cc3)sc21. The summed E-state index contributed by atoms with van der Waals surface area (Å²) in [4.78, 5) is 41.6. The second-order valence-corrected chi connectivity index (χ2v) is 10.2. The number of nitrogens with one attached hydrogen (secondary N) is 2. The van der Waals surface area contributed by atoms with E-state index < -0.39 is 12.0 Å². The second kappa shape index (κ2) is 11.8. The summed E-state index contributed by atoms with van der Waals surface area (Å²) >= 11 is 1.05. The number of aromatic nitrogens is 2. The van der Waals surface area contributed by atoms with E-state index in [1.54, 1.807) is 44.2 Å². The molecule has 40 heavy (non-hydrogen) atoms. The van der Waals surface area contributed by atoms with E-state index >= 15 is 0 Å². The van der Waals surface area contributed by atoms with Crippen molar-refractivity contribution in [2.24, 2.45) is 0 Å². The van der Waals surface area contributed by atoms with E-state index in [4.69, 9.17) is 9.47 Å². The molecule has 1 fully saturated rings. The average Bonchev–Trinajstić information content (AvgIpc) is 3.55. The molecule has 12 heteroatoms. The van der Waals surface area contributed by atoms with Crippen molar-refractivity contribution >= 4 is 51.0 Å². The lowest BCUT2D eigenvalue weighted by Crippen LogP contribution is -2.36. The van der Waals surface area contributed by atoms with Crippen LogP contribution in [0.5, 0.6) is 0 Å². The second-order valence-electron chi connectivity index (χ2n) is 9.14. The van der Waals surface area contributed by atoms with E-state index in [1.807, 2.05) is 12.1 Å². The van der Waals surface area contributed by atoms with Gasteiger partial charge >= 0.3 is 6.09 Å². The zero-order valence-electron chi connectivity index (χ0n) is 22.0. The van der Waals surface area contributed by atoms with Crippen LogP contribution in [0.25, 0.3) is 10.2 Å². The Hall–Kier alpha value is -4.29. The molecule has 0 radical (unpaired) electrons. The van der Waals surface area contributed by atoms with E-state index in [0.717, 1.165) is 40.4 Å². The number of thiophene rings is 1. The number of morpholine rings is 1. The van der Waals surface area contributed by atoms with Gasteiger partial charge in [0.15, 0.2) is 5.82 Å². The molecule has 208 valence electrons. The van der Waals surface area contributed by atoms with E-state index in [-0.39, 0.29) is 30.2 Å². The maximum atomic E-state index is 13.3. The summed E-state index contributed by atoms with van der Waals surface area (Å²) in [7, 11) is 0. The number of carbonyl (C=O) groups is 3. The van der Waals surface area contributed by atoms with Gasteiger partial charge in [-0.25, -0.2) is 9.18 Å². The number of nitrogens with zero attached hydrogens (tertiary/aromatic N) is 3. The molecule has 0 aliphatic carbocycles. The van der Waals surface area contributed by atoms with Crippen LogP contribution in [0.3, 0.4) is 0 Å². The molecule has 0 spiro atoms. The third-order valence-electron chi connectivity index (χ3n) is 6.48. The lowest BCUT2D eigenvalue weighted by molar-refractivity contribution is 0.0943. The molecular formula is C28H28FN5O5S. The lowest BCUT2D eigenvalue weighted by Gasteiger charge is -2.28. The van der Waals surface area contributed by atoms with E-state index in [1.165, 1.54) is 12.1 Å². The Bertz CT molecular complexity index is 1530. The molecule has 4 aromatic rings. The molecule has 1 saturated heterocycles. The van der Waals surface area contributed by atoms with Crippen LogP contribution in [0.1, 0.15) is 45.5 Å². The number of ether oxygens (including phenoxy) is 2. The molecule has 5 rings (SSSR count). The third kappa shape index (κ3) is 5.82. The number of halogens is 1. The molecule has 1 atom stereocenters. The summed E-state index contributed by atoms with van der Waals surface area (Å²) < 4.78 is 24.8. The predicted octanol–water partition coefficient (Wildman–Crippen LogP) is 4.82. The minimum absolute atomic E-state index is 0.130. The van der Waals surface area contributed by atoms with Crippen LogP contribution in [0.4, 0.5) is 20.7 Å². The smallest absolute Gasteiger partial charge is 0.436 e. The van der Waals surface area contributed by atoms with Gasteiger partial charge in [0.1, 0.15) is 10.6 Å². The van der Waals surface area contributed by atoms with Crippen LogP contribution in [0.2, 0.25) is 0 Å². The van der Waals surface area contributed by atoms with Crippen molar-refractivity contribution in [3.05, 3.63) is 76.4 Å². The van der Waals surface area contributed by atoms with Crippen molar-refractivity contribution in [3.8, 4) is 0 Å². The first kappa shape index (κ1) is 27.3. The maximum Gasteiger partial charge on any atom is 0.436 e. The molecule has 2 aromatic heterocycles. The van der Waals surface area contributed by atoms with Crippen molar-refractivity contribution in [2.45, 2.75) is 19.9 Å². The number of benzene rings is 2. The number of rotatable bonds is 7. The predicted molar refractivity (Wildman–Crippen MR) is 150 cm³/mol. The van der Waals surface area contributed by atoms with Gasteiger partial charge in [0.05, 0.1) is 36.1 Å². The highest BCUT2D eigenvalue weighted by Crippen LogP contribution is 2.32. The Morgan fingerprint density at radius 2 is 1.77 bits per heavy atom. The highest BCUT2D eigenvalue weighted by molar-refractivity contribution is 7.20. The van der Waals surface area contributed by atoms with Crippen LogP contribution in [0, 0.1) is 5.82 Å². The Morgan fingerprint density at radius 3 is 2.45 bits per heavy atom. The molecule has 0 unspecified atom stereocenters. The molecule has 2 amide bonds. The molecule has 1 aliphatic heterocycles. The molecule has 1 aliphatic rings. The summed E-state index contributed by atoms with van der Waals surface area (Å²) in [5, 5.41) is 10.3. The highest BCUT2D eigenvalue weighted by atomic mass is 32.1. The van der Waals surface area contributed by atoms with Crippen molar-refractivity contribution < 1.29 is 28.2 Å². The summed E-state index contributed by atoms with van der Waals surface area (Å²) in [6.45, 7) is 6.48. The highest BCUT2D eigenvalue weighted by Gasteiger charge is 2.24. The van der Waals surface area contributed by atoms with Crippen LogP contribution in [-0.4, -0.2) is 60.6 Å². The van der Waals surface area contributed by atoms with Gasteiger partial charge in [0.2, 0.25) is 0 Å². The quantitative estimate of drug-likeness (QED) is 0.330. The van der Waals surface area contributed by atoms with Crippen molar-refractivity contribution in [3.63, 3.8) is 0 Å². The standard InChI is InChI=1S/C28H28FN5O5S/c1-3-39-28(37)34-27-22(16-23(40-27)26(36)30-17(2)18-4-8-20(29)9-5-18)24(32-34)31-25(35)19-6-10-21(11-7-19)33-12-14-38-15-13-33/h4-11,16-17H,3,12-15H2,1-2H3,(H,30,36)(H,31,32,35)/t17-/m1/s1. The molecule has 0 saturated carbocycles. The summed E-state index contributed by atoms with van der Waals surface area (Å²) in [5.41, 5.74) is 2.15. The number of carbonyl (C=O) groups excluding carboxylic acids is 3. The molecule has 2 N–H and O–H groups in total. The fourth-order valence-electron chi connectivity index (χ4n) is 4.35. The Kier molecular flexibility index (Phi) is 8.08. The fourth-order valence-corrected chi connectivity index (χ4v) is 5.35. The maximum absolute atomic E-state index is 13.3. The summed E-state index contributed by atoms with van der Waals surface area (Å²) in [5.74, 6) is -1.03. The van der Waals surface area contributed by atoms with Crippen molar-refractivity contribution in [1.29, 1.82) is 0 Å². The first-order valence-corrected chi connectivity index (χ1v) is 13.7. The van der Waals surface area contributed by atoms with Crippen LogP contribution < -0.4 is 15.5 Å². The van der Waals surface area contributed by atoms with Gasteiger partial charge in [-0.3, -0.25) is 9.59 Å². The van der Waals surface area contributed by atoms with Gasteiger partial charge in [-0.15, -0.1) is 16.4 Å². The van der Waals surface area contributed by atoms with Gasteiger partial charge < -0.3 is 25.0 Å². The molecule has 2 aromatic carbocycles. The van der Waals surface area contributed by atoms with Crippen LogP contribution in [0.15, 0.2) is 54.6 Å². The number of hydrogen-bond acceptors (Lipinski definition) is 8. The monoisotopic (exact) mass is 565 g/mol. The van der Waals surface area contributed by atoms with E-state index in [2.05, 4.69) is 20.6 Å². The minimum atomic E-state index is -0.726. The number of amides is 2. The normalized spacial score (nSPS) is 14.1. The third-order valence-corrected chi connectivity index (χ3v) is 7.59. The molecule has 0 bridgehead atoms. The minimum Gasteiger partial charge on any atom is -0.448 e. The van der Waals surface area contributed by atoms with Crippen molar-refractivity contribution in [1.82, 2.24) is 15.1 Å². The molecular weight excluding hydrogens is 537 g/mol. The molecule has 3 heterocycles. The summed E-state index contributed by atoms with van der Waals surface area (Å²) in [6.07, 6.45) is -0.726. The van der Waals surface area contributed by atoms with E-state index in [0.29, 0.717) is 33.9 Å². The Morgan fingerprint density at radius 1 is 1.07 bits per heavy atom. The number of anilines is 2. The van der Waals surface area contributed by atoms with Gasteiger partial charge in [-0.2, -0.15) is 4.68 Å². The first-order valence-electron chi connectivity index (χ1n) is 12.8.